The number of carboxylic acids is 2. The van der Waals surface area contributed by atoms with Crippen molar-refractivity contribution >= 4 is 11.9 Å². The summed E-state index contributed by atoms with van der Waals surface area (Å²) in [6.07, 6.45) is 0. The Morgan fingerprint density at radius 3 is 1.07 bits per heavy atom. The third kappa shape index (κ3) is 1.70. The Kier molecular flexibility index (Phi) is 2.95. The second-order valence-electron chi connectivity index (χ2n) is 2.33. The van der Waals surface area contributed by atoms with Gasteiger partial charge in [0.15, 0.2) is 0 Å². The SMILES string of the molecule is O=C(O)C(F)(F)C(F)(F)C(F)(F)C(=O)O. The monoisotopic (exact) mass is 240 g/mol. The van der Waals surface area contributed by atoms with Crippen molar-refractivity contribution in [3.05, 3.63) is 0 Å². The van der Waals surface area contributed by atoms with E-state index in [1.165, 1.54) is 0 Å². The summed E-state index contributed by atoms with van der Waals surface area (Å²) in [5, 5.41) is 15.1. The zero-order valence-electron chi connectivity index (χ0n) is 6.48. The Hall–Kier alpha value is -1.48. The van der Waals surface area contributed by atoms with Crippen LogP contribution in [0.25, 0.3) is 0 Å². The van der Waals surface area contributed by atoms with Crippen LogP contribution < -0.4 is 0 Å². The maximum Gasteiger partial charge on any atom is 0.411 e. The molecule has 0 amide bonds. The van der Waals surface area contributed by atoms with E-state index in [9.17, 15) is 35.9 Å². The van der Waals surface area contributed by atoms with Crippen molar-refractivity contribution in [1.82, 2.24) is 0 Å². The molecule has 0 radical (unpaired) electrons. The summed E-state index contributed by atoms with van der Waals surface area (Å²) in [4.78, 5) is 19.2. The van der Waals surface area contributed by atoms with Crippen molar-refractivity contribution in [1.29, 1.82) is 0 Å². The highest BCUT2D eigenvalue weighted by atomic mass is 19.3. The third-order valence-corrected chi connectivity index (χ3v) is 1.33. The maximum absolute atomic E-state index is 12.2. The average molecular weight is 240 g/mol. The lowest BCUT2D eigenvalue weighted by molar-refractivity contribution is -0.298. The predicted octanol–water partition coefficient (Wildman–Crippen LogP) is 1.06. The summed E-state index contributed by atoms with van der Waals surface area (Å²) >= 11 is 0. The van der Waals surface area contributed by atoms with Gasteiger partial charge >= 0.3 is 29.7 Å². The van der Waals surface area contributed by atoms with Crippen LogP contribution in [0, 0.1) is 0 Å². The Bertz CT molecular complexity index is 270. The first-order chi connectivity index (χ1) is 6.39. The van der Waals surface area contributed by atoms with E-state index in [1.807, 2.05) is 0 Å². The van der Waals surface area contributed by atoms with Crippen LogP contribution in [0.1, 0.15) is 0 Å². The molecule has 4 nitrogen and oxygen atoms in total. The molecule has 0 aliphatic heterocycles. The molecule has 0 aromatic heterocycles. The van der Waals surface area contributed by atoms with Gasteiger partial charge in [0.1, 0.15) is 0 Å². The maximum atomic E-state index is 12.2. The summed E-state index contributed by atoms with van der Waals surface area (Å²) in [5.41, 5.74) is 0. The van der Waals surface area contributed by atoms with Crippen molar-refractivity contribution in [2.75, 3.05) is 0 Å². The van der Waals surface area contributed by atoms with Crippen LogP contribution in [0.15, 0.2) is 0 Å². The van der Waals surface area contributed by atoms with Crippen LogP contribution in [-0.2, 0) is 9.59 Å². The van der Waals surface area contributed by atoms with E-state index < -0.39 is 29.7 Å². The molecule has 2 N–H and O–H groups in total. The van der Waals surface area contributed by atoms with Gasteiger partial charge in [-0.25, -0.2) is 9.59 Å². The highest BCUT2D eigenvalue weighted by molar-refractivity contribution is 5.82. The summed E-state index contributed by atoms with van der Waals surface area (Å²) in [5.74, 6) is -26.0. The number of aliphatic carboxylic acids is 2. The highest BCUT2D eigenvalue weighted by Crippen LogP contribution is 2.45. The van der Waals surface area contributed by atoms with Gasteiger partial charge in [0, 0.05) is 0 Å². The van der Waals surface area contributed by atoms with E-state index in [4.69, 9.17) is 10.2 Å². The first-order valence-electron chi connectivity index (χ1n) is 2.99. The standard InChI is InChI=1S/C5H2F6O4/c6-3(7,1(12)13)5(10,11)4(8,9)2(14)15/h(H,12,13)(H,14,15). The van der Waals surface area contributed by atoms with Crippen molar-refractivity contribution in [3.63, 3.8) is 0 Å². The van der Waals surface area contributed by atoms with Gasteiger partial charge in [-0.2, -0.15) is 26.3 Å². The molecule has 15 heavy (non-hydrogen) atoms. The lowest BCUT2D eigenvalue weighted by Gasteiger charge is -2.27. The average Bonchev–Trinajstić information content (AvgIpc) is 2.02. The molecule has 0 unspecified atom stereocenters. The molecule has 0 aliphatic carbocycles. The molecule has 10 heteroatoms. The number of hydrogen-bond acceptors (Lipinski definition) is 2. The minimum Gasteiger partial charge on any atom is -0.477 e. The molecular weight excluding hydrogens is 238 g/mol. The fraction of sp³-hybridized carbons (Fsp3) is 0.600. The second-order valence-corrected chi connectivity index (χ2v) is 2.33. The molecule has 0 aromatic rings. The van der Waals surface area contributed by atoms with Gasteiger partial charge in [-0.15, -0.1) is 0 Å². The van der Waals surface area contributed by atoms with Gasteiger partial charge < -0.3 is 10.2 Å². The number of hydrogen-bond donors (Lipinski definition) is 2. The molecular formula is C5H2F6O4. The Labute approximate surface area is 77.1 Å². The van der Waals surface area contributed by atoms with Gasteiger partial charge in [0.25, 0.3) is 0 Å². The zero-order valence-corrected chi connectivity index (χ0v) is 6.48. The number of carboxylic acid groups (broad SMARTS) is 2. The van der Waals surface area contributed by atoms with Gasteiger partial charge in [0.05, 0.1) is 0 Å². The molecule has 0 saturated heterocycles. The minimum absolute atomic E-state index is 3.55. The largest absolute Gasteiger partial charge is 0.477 e. The summed E-state index contributed by atoms with van der Waals surface area (Å²) < 4.78 is 72.8. The van der Waals surface area contributed by atoms with Crippen molar-refractivity contribution < 1.29 is 46.1 Å². The molecule has 0 heterocycles. The van der Waals surface area contributed by atoms with Crippen LogP contribution in [0.5, 0.6) is 0 Å². The minimum atomic E-state index is -6.53. The fourth-order valence-electron chi connectivity index (χ4n) is 0.466. The molecule has 0 bridgehead atoms. The van der Waals surface area contributed by atoms with Crippen molar-refractivity contribution in [2.24, 2.45) is 0 Å². The van der Waals surface area contributed by atoms with E-state index in [1.54, 1.807) is 0 Å². The van der Waals surface area contributed by atoms with Gasteiger partial charge in [-0.3, -0.25) is 0 Å². The van der Waals surface area contributed by atoms with Gasteiger partial charge in [0.2, 0.25) is 0 Å². The van der Waals surface area contributed by atoms with Crippen LogP contribution in [-0.4, -0.2) is 39.9 Å². The van der Waals surface area contributed by atoms with E-state index in [-0.39, 0.29) is 0 Å². The van der Waals surface area contributed by atoms with Crippen LogP contribution in [0.4, 0.5) is 26.3 Å². The first-order valence-corrected chi connectivity index (χ1v) is 2.99. The Balaban J connectivity index is 5.50. The van der Waals surface area contributed by atoms with Gasteiger partial charge in [-0.1, -0.05) is 0 Å². The number of alkyl halides is 6. The zero-order chi connectivity index (χ0) is 12.7. The lowest BCUT2D eigenvalue weighted by atomic mass is 10.1. The highest BCUT2D eigenvalue weighted by Gasteiger charge is 2.78. The fourth-order valence-corrected chi connectivity index (χ4v) is 0.466. The van der Waals surface area contributed by atoms with Crippen LogP contribution in [0.3, 0.4) is 0 Å². The van der Waals surface area contributed by atoms with E-state index in [0.29, 0.717) is 0 Å². The Morgan fingerprint density at radius 1 is 0.733 bits per heavy atom. The molecule has 0 aliphatic rings. The molecule has 0 aromatic carbocycles. The summed E-state index contributed by atoms with van der Waals surface area (Å²) in [6, 6.07) is 0. The molecule has 0 atom stereocenters. The number of halogens is 6. The molecule has 0 rings (SSSR count). The van der Waals surface area contributed by atoms with Crippen LogP contribution in [0.2, 0.25) is 0 Å². The summed E-state index contributed by atoms with van der Waals surface area (Å²) in [6.45, 7) is 0. The smallest absolute Gasteiger partial charge is 0.411 e. The van der Waals surface area contributed by atoms with Crippen molar-refractivity contribution in [3.8, 4) is 0 Å². The van der Waals surface area contributed by atoms with E-state index in [0.717, 1.165) is 0 Å². The molecule has 0 fully saturated rings. The van der Waals surface area contributed by atoms with Crippen LogP contribution >= 0.6 is 0 Å². The molecule has 0 spiro atoms. The Morgan fingerprint density at radius 2 is 0.933 bits per heavy atom. The van der Waals surface area contributed by atoms with Gasteiger partial charge in [-0.05, 0) is 0 Å². The van der Waals surface area contributed by atoms with E-state index in [2.05, 4.69) is 0 Å². The van der Waals surface area contributed by atoms with Crippen molar-refractivity contribution in [2.45, 2.75) is 17.8 Å². The topological polar surface area (TPSA) is 74.6 Å². The first kappa shape index (κ1) is 13.5. The second kappa shape index (κ2) is 3.28. The summed E-state index contributed by atoms with van der Waals surface area (Å²) in [7, 11) is 0. The molecule has 88 valence electrons. The number of carbonyl (C=O) groups is 2. The third-order valence-electron chi connectivity index (χ3n) is 1.33. The quantitative estimate of drug-likeness (QED) is 0.720. The van der Waals surface area contributed by atoms with E-state index >= 15 is 0 Å². The molecule has 0 saturated carbocycles. The predicted molar refractivity (Wildman–Crippen MR) is 30.1 cm³/mol. The number of rotatable bonds is 4. The lowest BCUT2D eigenvalue weighted by Crippen LogP contribution is -2.60. The normalized spacial score (nSPS) is 13.7.